The highest BCUT2D eigenvalue weighted by atomic mass is 16.6. The van der Waals surface area contributed by atoms with Gasteiger partial charge in [0.25, 0.3) is 0 Å². The monoisotopic (exact) mass is 360 g/mol. The van der Waals surface area contributed by atoms with Gasteiger partial charge in [0, 0.05) is 18.4 Å². The van der Waals surface area contributed by atoms with Gasteiger partial charge in [-0.05, 0) is 17.0 Å². The summed E-state index contributed by atoms with van der Waals surface area (Å²) in [6, 6.07) is 23.4. The van der Waals surface area contributed by atoms with Crippen molar-refractivity contribution in [2.24, 2.45) is 5.92 Å². The van der Waals surface area contributed by atoms with Gasteiger partial charge in [-0.3, -0.25) is 14.4 Å². The highest BCUT2D eigenvalue weighted by molar-refractivity contribution is 6.06. The quantitative estimate of drug-likeness (QED) is 0.709. The minimum absolute atomic E-state index is 0.0467. The predicted molar refractivity (Wildman–Crippen MR) is 104 cm³/mol. The van der Waals surface area contributed by atoms with Gasteiger partial charge < -0.3 is 4.90 Å². The number of hydroxylamine groups is 1. The molecule has 0 aliphatic carbocycles. The summed E-state index contributed by atoms with van der Waals surface area (Å²) in [6.45, 7) is 0.646. The van der Waals surface area contributed by atoms with Crippen LogP contribution < -0.4 is 10.4 Å². The van der Waals surface area contributed by atoms with E-state index in [2.05, 4.69) is 5.48 Å². The van der Waals surface area contributed by atoms with E-state index >= 15 is 0 Å². The van der Waals surface area contributed by atoms with Crippen LogP contribution in [0, 0.1) is 5.92 Å². The van der Waals surface area contributed by atoms with Crippen LogP contribution in [0.1, 0.15) is 12.0 Å². The summed E-state index contributed by atoms with van der Waals surface area (Å²) in [5.41, 5.74) is 4.30. The molecule has 5 heteroatoms. The maximum atomic E-state index is 12.5. The molecule has 3 aromatic carbocycles. The smallest absolute Gasteiger partial charge is 0.248 e. The Labute approximate surface area is 157 Å². The van der Waals surface area contributed by atoms with E-state index in [0.717, 1.165) is 22.0 Å². The SMILES string of the molecule is O=C(NOCc1ccccc1)C1CC(=O)N(c2cccc3ccccc23)C1. The van der Waals surface area contributed by atoms with Crippen molar-refractivity contribution in [2.45, 2.75) is 13.0 Å². The van der Waals surface area contributed by atoms with Gasteiger partial charge in [-0.15, -0.1) is 0 Å². The van der Waals surface area contributed by atoms with Crippen molar-refractivity contribution in [3.63, 3.8) is 0 Å². The normalized spacial score (nSPS) is 16.7. The summed E-state index contributed by atoms with van der Waals surface area (Å²) in [6.07, 6.45) is 0.184. The number of amides is 2. The fourth-order valence-electron chi connectivity index (χ4n) is 3.41. The fourth-order valence-corrected chi connectivity index (χ4v) is 3.41. The van der Waals surface area contributed by atoms with Gasteiger partial charge in [0.05, 0.1) is 18.2 Å². The van der Waals surface area contributed by atoms with Crippen molar-refractivity contribution in [3.05, 3.63) is 78.4 Å². The van der Waals surface area contributed by atoms with Gasteiger partial charge in [0.2, 0.25) is 11.8 Å². The van der Waals surface area contributed by atoms with E-state index in [1.54, 1.807) is 4.90 Å². The van der Waals surface area contributed by atoms with Crippen LogP contribution in [0.5, 0.6) is 0 Å². The molecule has 1 aliphatic heterocycles. The van der Waals surface area contributed by atoms with Crippen LogP contribution in [0.15, 0.2) is 72.8 Å². The van der Waals surface area contributed by atoms with Crippen LogP contribution in [-0.4, -0.2) is 18.4 Å². The molecule has 3 aromatic rings. The van der Waals surface area contributed by atoms with E-state index in [4.69, 9.17) is 4.84 Å². The van der Waals surface area contributed by atoms with Gasteiger partial charge in [-0.1, -0.05) is 66.7 Å². The second-order valence-electron chi connectivity index (χ2n) is 6.64. The van der Waals surface area contributed by atoms with Gasteiger partial charge in [0.15, 0.2) is 0 Å². The lowest BCUT2D eigenvalue weighted by Gasteiger charge is -2.19. The van der Waals surface area contributed by atoms with Crippen LogP contribution in [0.25, 0.3) is 10.8 Å². The molecule has 1 fully saturated rings. The molecule has 27 heavy (non-hydrogen) atoms. The number of hydrogen-bond donors (Lipinski definition) is 1. The van der Waals surface area contributed by atoms with Crippen molar-refractivity contribution >= 4 is 28.3 Å². The van der Waals surface area contributed by atoms with Crippen LogP contribution >= 0.6 is 0 Å². The van der Waals surface area contributed by atoms with Gasteiger partial charge >= 0.3 is 0 Å². The van der Waals surface area contributed by atoms with E-state index in [1.807, 2.05) is 72.8 Å². The minimum atomic E-state index is -0.424. The van der Waals surface area contributed by atoms with E-state index in [0.29, 0.717) is 13.2 Å². The van der Waals surface area contributed by atoms with Crippen LogP contribution in [0.4, 0.5) is 5.69 Å². The summed E-state index contributed by atoms with van der Waals surface area (Å²) in [5.74, 6) is -0.733. The number of fused-ring (bicyclic) bond motifs is 1. The van der Waals surface area contributed by atoms with Gasteiger partial charge in [-0.2, -0.15) is 0 Å². The Balaban J connectivity index is 1.42. The molecule has 0 spiro atoms. The number of benzene rings is 3. The highest BCUT2D eigenvalue weighted by Gasteiger charge is 2.35. The number of nitrogens with one attached hydrogen (secondary N) is 1. The largest absolute Gasteiger partial charge is 0.311 e. The summed E-state index contributed by atoms with van der Waals surface area (Å²) in [7, 11) is 0. The lowest BCUT2D eigenvalue weighted by Crippen LogP contribution is -2.33. The number of nitrogens with zero attached hydrogens (tertiary/aromatic N) is 1. The molecule has 0 saturated carbocycles. The summed E-state index contributed by atoms with van der Waals surface area (Å²) in [5, 5.41) is 2.08. The zero-order valence-electron chi connectivity index (χ0n) is 14.8. The number of anilines is 1. The third-order valence-corrected chi connectivity index (χ3v) is 4.81. The van der Waals surface area contributed by atoms with E-state index in [9.17, 15) is 9.59 Å². The average molecular weight is 360 g/mol. The number of hydrogen-bond acceptors (Lipinski definition) is 3. The van der Waals surface area contributed by atoms with E-state index < -0.39 is 5.92 Å². The first-order valence-corrected chi connectivity index (χ1v) is 8.96. The van der Waals surface area contributed by atoms with Crippen LogP contribution in [0.3, 0.4) is 0 Å². The Morgan fingerprint density at radius 1 is 1.00 bits per heavy atom. The first-order chi connectivity index (χ1) is 13.2. The molecule has 1 atom stereocenters. The van der Waals surface area contributed by atoms with Crippen molar-refractivity contribution in [1.82, 2.24) is 5.48 Å². The van der Waals surface area contributed by atoms with Crippen molar-refractivity contribution < 1.29 is 14.4 Å². The third-order valence-electron chi connectivity index (χ3n) is 4.81. The predicted octanol–water partition coefficient (Wildman–Crippen LogP) is 3.44. The maximum absolute atomic E-state index is 12.5. The molecule has 1 unspecified atom stereocenters. The Hall–Kier alpha value is -3.18. The zero-order valence-corrected chi connectivity index (χ0v) is 14.8. The summed E-state index contributed by atoms with van der Waals surface area (Å²) in [4.78, 5) is 31.9. The number of rotatable bonds is 5. The topological polar surface area (TPSA) is 58.6 Å². The lowest BCUT2D eigenvalue weighted by atomic mass is 10.1. The first kappa shape index (κ1) is 17.2. The van der Waals surface area contributed by atoms with Gasteiger partial charge in [0.1, 0.15) is 0 Å². The molecule has 0 bridgehead atoms. The summed E-state index contributed by atoms with van der Waals surface area (Å²) < 4.78 is 0. The van der Waals surface area contributed by atoms with E-state index in [-0.39, 0.29) is 18.2 Å². The van der Waals surface area contributed by atoms with Crippen LogP contribution in [-0.2, 0) is 21.0 Å². The Bertz CT molecular complexity index is 966. The van der Waals surface area contributed by atoms with Crippen molar-refractivity contribution in [2.75, 3.05) is 11.4 Å². The Kier molecular flexibility index (Phi) is 4.85. The minimum Gasteiger partial charge on any atom is -0.311 e. The Morgan fingerprint density at radius 3 is 2.59 bits per heavy atom. The molecule has 136 valence electrons. The molecular weight excluding hydrogens is 340 g/mol. The zero-order chi connectivity index (χ0) is 18.6. The van der Waals surface area contributed by atoms with E-state index in [1.165, 1.54) is 0 Å². The molecule has 4 rings (SSSR count). The average Bonchev–Trinajstić information content (AvgIpc) is 3.10. The second-order valence-corrected chi connectivity index (χ2v) is 6.64. The third kappa shape index (κ3) is 3.68. The molecule has 1 aliphatic rings. The molecule has 0 aromatic heterocycles. The number of carbonyl (C=O) groups is 2. The van der Waals surface area contributed by atoms with Crippen LogP contribution in [0.2, 0.25) is 0 Å². The Morgan fingerprint density at radius 2 is 1.74 bits per heavy atom. The first-order valence-electron chi connectivity index (χ1n) is 8.96. The van der Waals surface area contributed by atoms with Crippen molar-refractivity contribution in [3.8, 4) is 0 Å². The molecule has 2 amide bonds. The highest BCUT2D eigenvalue weighted by Crippen LogP contribution is 2.31. The molecule has 1 saturated heterocycles. The lowest BCUT2D eigenvalue weighted by molar-refractivity contribution is -0.138. The second kappa shape index (κ2) is 7.60. The molecule has 5 nitrogen and oxygen atoms in total. The maximum Gasteiger partial charge on any atom is 0.248 e. The molecule has 1 N–H and O–H groups in total. The number of carbonyl (C=O) groups excluding carboxylic acids is 2. The molecular formula is C22H20N2O3. The molecule has 1 heterocycles. The summed E-state index contributed by atoms with van der Waals surface area (Å²) >= 11 is 0. The van der Waals surface area contributed by atoms with Gasteiger partial charge in [-0.25, -0.2) is 5.48 Å². The molecule has 0 radical (unpaired) electrons. The standard InChI is InChI=1S/C22H20N2O3/c25-21-13-18(22(26)23-27-15-16-7-2-1-3-8-16)14-24(21)20-12-6-10-17-9-4-5-11-19(17)20/h1-12,18H,13-15H2,(H,23,26). The van der Waals surface area contributed by atoms with Crippen molar-refractivity contribution in [1.29, 1.82) is 0 Å². The fraction of sp³-hybridized carbons (Fsp3) is 0.182.